The van der Waals surface area contributed by atoms with Gasteiger partial charge in [-0.2, -0.15) is 0 Å². The maximum Gasteiger partial charge on any atom is 0.318 e. The Bertz CT molecular complexity index is 703. The number of hydrogen-bond donors (Lipinski definition) is 1. The van der Waals surface area contributed by atoms with Gasteiger partial charge in [0.1, 0.15) is 5.82 Å². The van der Waals surface area contributed by atoms with Crippen molar-refractivity contribution < 1.29 is 9.18 Å². The van der Waals surface area contributed by atoms with Crippen molar-refractivity contribution in [1.82, 2.24) is 10.2 Å². The van der Waals surface area contributed by atoms with Crippen LogP contribution in [0, 0.1) is 5.82 Å². The van der Waals surface area contributed by atoms with Crippen molar-refractivity contribution >= 4 is 17.6 Å². The zero-order valence-electron chi connectivity index (χ0n) is 14.1. The molecule has 3 rings (SSSR count). The molecule has 1 fully saturated rings. The Morgan fingerprint density at radius 2 is 1.80 bits per heavy atom. The second kappa shape index (κ2) is 8.34. The summed E-state index contributed by atoms with van der Waals surface area (Å²) in [5.74, 6) is -0.273. The van der Waals surface area contributed by atoms with Gasteiger partial charge in [0.25, 0.3) is 0 Å². The van der Waals surface area contributed by atoms with E-state index in [1.807, 2.05) is 29.2 Å². The van der Waals surface area contributed by atoms with E-state index < -0.39 is 0 Å². The van der Waals surface area contributed by atoms with Gasteiger partial charge in [0.05, 0.1) is 6.04 Å². The maximum absolute atomic E-state index is 13.0. The first-order chi connectivity index (χ1) is 12.1. The summed E-state index contributed by atoms with van der Waals surface area (Å²) in [5, 5.41) is 3.66. The van der Waals surface area contributed by atoms with Crippen LogP contribution in [-0.4, -0.2) is 17.5 Å². The number of hydrogen-bond acceptors (Lipinski definition) is 1. The lowest BCUT2D eigenvalue weighted by Crippen LogP contribution is -2.41. The summed E-state index contributed by atoms with van der Waals surface area (Å²) < 4.78 is 13.0. The number of nitrogens with one attached hydrogen (secondary N) is 1. The van der Waals surface area contributed by atoms with Crippen LogP contribution in [0.25, 0.3) is 0 Å². The highest BCUT2D eigenvalue weighted by Gasteiger charge is 2.26. The van der Waals surface area contributed by atoms with Crippen LogP contribution >= 0.6 is 11.6 Å². The largest absolute Gasteiger partial charge is 0.334 e. The minimum absolute atomic E-state index is 0.0629. The molecular formula is C20H22ClFN2O. The van der Waals surface area contributed by atoms with Crippen LogP contribution in [0.4, 0.5) is 9.18 Å². The van der Waals surface area contributed by atoms with Gasteiger partial charge >= 0.3 is 6.03 Å². The molecule has 0 unspecified atom stereocenters. The molecule has 0 spiro atoms. The van der Waals surface area contributed by atoms with Crippen molar-refractivity contribution in [2.45, 2.75) is 38.3 Å². The number of rotatable bonds is 3. The number of urea groups is 1. The van der Waals surface area contributed by atoms with Crippen LogP contribution in [0.3, 0.4) is 0 Å². The third-order valence-electron chi connectivity index (χ3n) is 4.63. The van der Waals surface area contributed by atoms with Crippen molar-refractivity contribution in [1.29, 1.82) is 0 Å². The molecule has 1 aliphatic rings. The van der Waals surface area contributed by atoms with Crippen LogP contribution in [0.1, 0.15) is 42.9 Å². The van der Waals surface area contributed by atoms with Gasteiger partial charge in [-0.05, 0) is 48.2 Å². The first-order valence-electron chi connectivity index (χ1n) is 8.68. The van der Waals surface area contributed by atoms with Crippen LogP contribution in [0.15, 0.2) is 48.5 Å². The van der Waals surface area contributed by atoms with E-state index in [4.69, 9.17) is 11.6 Å². The van der Waals surface area contributed by atoms with E-state index in [1.165, 1.54) is 12.1 Å². The van der Waals surface area contributed by atoms with E-state index in [0.717, 1.165) is 43.4 Å². The quantitative estimate of drug-likeness (QED) is 0.790. The molecule has 1 N–H and O–H groups in total. The van der Waals surface area contributed by atoms with Gasteiger partial charge < -0.3 is 10.2 Å². The summed E-state index contributed by atoms with van der Waals surface area (Å²) in [6.45, 7) is 1.13. The Balaban J connectivity index is 1.70. The molecule has 25 heavy (non-hydrogen) atoms. The lowest BCUT2D eigenvalue weighted by Gasteiger charge is -2.30. The first-order valence-corrected chi connectivity index (χ1v) is 9.05. The third kappa shape index (κ3) is 4.73. The summed E-state index contributed by atoms with van der Waals surface area (Å²) >= 11 is 5.99. The number of benzene rings is 2. The first kappa shape index (κ1) is 17.7. The predicted octanol–water partition coefficient (Wildman–Crippen LogP) is 5.31. The van der Waals surface area contributed by atoms with E-state index >= 15 is 0 Å². The fourth-order valence-corrected chi connectivity index (χ4v) is 3.39. The van der Waals surface area contributed by atoms with Crippen LogP contribution in [0.5, 0.6) is 0 Å². The van der Waals surface area contributed by atoms with E-state index in [-0.39, 0.29) is 17.9 Å². The van der Waals surface area contributed by atoms with Gasteiger partial charge in [0.2, 0.25) is 0 Å². The third-order valence-corrected chi connectivity index (χ3v) is 4.88. The summed E-state index contributed by atoms with van der Waals surface area (Å²) in [4.78, 5) is 14.7. The molecule has 2 aromatic carbocycles. The molecule has 5 heteroatoms. The smallest absolute Gasteiger partial charge is 0.318 e. The van der Waals surface area contributed by atoms with Crippen molar-refractivity contribution in [2.75, 3.05) is 6.54 Å². The lowest BCUT2D eigenvalue weighted by atomic mass is 10.0. The van der Waals surface area contributed by atoms with E-state index in [1.54, 1.807) is 12.1 Å². The minimum atomic E-state index is -0.273. The molecule has 1 saturated heterocycles. The second-order valence-corrected chi connectivity index (χ2v) is 6.83. The Kier molecular flexibility index (Phi) is 5.92. The molecule has 0 aromatic heterocycles. The number of likely N-dealkylation sites (tertiary alicyclic amines) is 1. The topological polar surface area (TPSA) is 32.3 Å². The Hall–Kier alpha value is -2.07. The number of amides is 2. The highest BCUT2D eigenvalue weighted by Crippen LogP contribution is 2.30. The van der Waals surface area contributed by atoms with Crippen LogP contribution < -0.4 is 5.32 Å². The summed E-state index contributed by atoms with van der Waals surface area (Å²) in [6, 6.07) is 13.9. The molecule has 1 heterocycles. The number of halogens is 2. The van der Waals surface area contributed by atoms with E-state index in [2.05, 4.69) is 5.32 Å². The Morgan fingerprint density at radius 3 is 2.52 bits per heavy atom. The van der Waals surface area contributed by atoms with Gasteiger partial charge in [-0.1, -0.05) is 48.7 Å². The average Bonchev–Trinajstić information content (AvgIpc) is 2.88. The van der Waals surface area contributed by atoms with Crippen molar-refractivity contribution in [3.63, 3.8) is 0 Å². The minimum Gasteiger partial charge on any atom is -0.334 e. The zero-order chi connectivity index (χ0) is 17.6. The molecule has 1 aliphatic heterocycles. The molecule has 0 radical (unpaired) electrons. The fraction of sp³-hybridized carbons (Fsp3) is 0.350. The molecule has 3 nitrogen and oxygen atoms in total. The molecule has 1 atom stereocenters. The van der Waals surface area contributed by atoms with Gasteiger partial charge in [0, 0.05) is 18.1 Å². The molecule has 0 aliphatic carbocycles. The molecular weight excluding hydrogens is 339 g/mol. The number of carbonyl (C=O) groups excluding carboxylic acids is 1. The zero-order valence-corrected chi connectivity index (χ0v) is 14.8. The van der Waals surface area contributed by atoms with Crippen molar-refractivity contribution in [3.05, 3.63) is 70.5 Å². The Labute approximate surface area is 152 Å². The normalized spacial score (nSPS) is 17.8. The summed E-state index contributed by atoms with van der Waals surface area (Å²) in [5.41, 5.74) is 2.00. The number of nitrogens with zero attached hydrogens (tertiary/aromatic N) is 1. The maximum atomic E-state index is 13.0. The molecule has 2 amide bonds. The summed E-state index contributed by atoms with van der Waals surface area (Å²) in [6.07, 6.45) is 4.19. The lowest BCUT2D eigenvalue weighted by molar-refractivity contribution is 0.175. The standard InChI is InChI=1S/C20H22ClFN2O/c21-17-9-7-16(8-10-17)19-4-2-1-3-13-24(19)20(25)23-14-15-5-11-18(22)12-6-15/h5-12,19H,1-4,13-14H2,(H,23,25)/t19-/m0/s1. The van der Waals surface area contributed by atoms with E-state index in [9.17, 15) is 9.18 Å². The van der Waals surface area contributed by atoms with Crippen LogP contribution in [0.2, 0.25) is 5.02 Å². The van der Waals surface area contributed by atoms with Gasteiger partial charge in [-0.3, -0.25) is 0 Å². The second-order valence-electron chi connectivity index (χ2n) is 6.40. The highest BCUT2D eigenvalue weighted by atomic mass is 35.5. The molecule has 2 aromatic rings. The average molecular weight is 361 g/mol. The monoisotopic (exact) mass is 360 g/mol. The highest BCUT2D eigenvalue weighted by molar-refractivity contribution is 6.30. The van der Waals surface area contributed by atoms with Crippen molar-refractivity contribution in [2.24, 2.45) is 0 Å². The molecule has 0 bridgehead atoms. The summed E-state index contributed by atoms with van der Waals surface area (Å²) in [7, 11) is 0. The van der Waals surface area contributed by atoms with E-state index in [0.29, 0.717) is 11.6 Å². The molecule has 0 saturated carbocycles. The molecule has 132 valence electrons. The fourth-order valence-electron chi connectivity index (χ4n) is 3.26. The van der Waals surface area contributed by atoms with Gasteiger partial charge in [-0.25, -0.2) is 9.18 Å². The Morgan fingerprint density at radius 1 is 1.08 bits per heavy atom. The van der Waals surface area contributed by atoms with Gasteiger partial charge in [0.15, 0.2) is 0 Å². The van der Waals surface area contributed by atoms with Crippen LogP contribution in [-0.2, 0) is 6.54 Å². The van der Waals surface area contributed by atoms with Crippen molar-refractivity contribution in [3.8, 4) is 0 Å². The van der Waals surface area contributed by atoms with Gasteiger partial charge in [-0.15, -0.1) is 0 Å². The number of carbonyl (C=O) groups is 1. The predicted molar refractivity (Wildman–Crippen MR) is 98.0 cm³/mol. The SMILES string of the molecule is O=C(NCc1ccc(F)cc1)N1CCCCC[C@H]1c1ccc(Cl)cc1.